The van der Waals surface area contributed by atoms with Gasteiger partial charge in [0, 0.05) is 35.7 Å². The second-order valence-electron chi connectivity index (χ2n) is 8.06. The molecule has 4 aliphatic rings. The first-order valence-corrected chi connectivity index (χ1v) is 9.61. The van der Waals surface area contributed by atoms with Crippen LogP contribution in [-0.4, -0.2) is 38.0 Å². The van der Waals surface area contributed by atoms with Crippen LogP contribution in [0.25, 0.3) is 0 Å². The minimum atomic E-state index is -0.240. The first-order chi connectivity index (χ1) is 12.2. The Morgan fingerprint density at radius 1 is 1.32 bits per heavy atom. The molecule has 1 amide bonds. The number of cyclic esters (lactones) is 1. The number of nitrogens with one attached hydrogen (secondary N) is 1. The molecule has 2 aliphatic carbocycles. The third-order valence-corrected chi connectivity index (χ3v) is 6.91. The molecule has 0 radical (unpaired) electrons. The number of ether oxygens (including phenoxy) is 2. The van der Waals surface area contributed by atoms with E-state index in [-0.39, 0.29) is 12.1 Å². The van der Waals surface area contributed by atoms with Crippen LogP contribution < -0.4 is 10.2 Å². The molecule has 4 fully saturated rings. The summed E-state index contributed by atoms with van der Waals surface area (Å²) in [6.45, 7) is 4.27. The summed E-state index contributed by atoms with van der Waals surface area (Å²) in [6, 6.07) is 9.14. The summed E-state index contributed by atoms with van der Waals surface area (Å²) >= 11 is 0. The van der Waals surface area contributed by atoms with Crippen molar-refractivity contribution in [2.24, 2.45) is 11.3 Å². The van der Waals surface area contributed by atoms with Crippen LogP contribution in [0.4, 0.5) is 10.5 Å². The standard InChI is InChI=1S/C20H26N2O3/c1-13(14-4-2-5-15(12-14)22-9-11-25-19(22)23)21-17-16-6-10-24-18(16)20(17)7-3-8-20/h2,4-5,12-13,16-18,21H,3,6-11H2,1H3/t13-,16-,17+,18+/m0/s1. The number of amides is 1. The Balaban J connectivity index is 1.33. The molecule has 5 nitrogen and oxygen atoms in total. The Morgan fingerprint density at radius 3 is 2.92 bits per heavy atom. The molecule has 1 aromatic carbocycles. The Morgan fingerprint density at radius 2 is 2.20 bits per heavy atom. The number of carbonyl (C=O) groups is 1. The van der Waals surface area contributed by atoms with Crippen molar-refractivity contribution in [3.8, 4) is 0 Å². The Kier molecular flexibility index (Phi) is 3.57. The van der Waals surface area contributed by atoms with Crippen molar-refractivity contribution in [2.45, 2.75) is 50.8 Å². The molecule has 5 rings (SSSR count). The van der Waals surface area contributed by atoms with Gasteiger partial charge in [-0.3, -0.25) is 4.90 Å². The zero-order chi connectivity index (χ0) is 17.0. The highest BCUT2D eigenvalue weighted by atomic mass is 16.6. The van der Waals surface area contributed by atoms with Crippen molar-refractivity contribution in [2.75, 3.05) is 24.7 Å². The fourth-order valence-electron chi connectivity index (χ4n) is 5.45. The number of benzene rings is 1. The minimum Gasteiger partial charge on any atom is -0.447 e. The number of fused-ring (bicyclic) bond motifs is 2. The van der Waals surface area contributed by atoms with Gasteiger partial charge in [0.15, 0.2) is 0 Å². The van der Waals surface area contributed by atoms with Crippen LogP contribution in [0.3, 0.4) is 0 Å². The highest BCUT2D eigenvalue weighted by molar-refractivity contribution is 5.89. The second-order valence-corrected chi connectivity index (χ2v) is 8.06. The van der Waals surface area contributed by atoms with Crippen molar-refractivity contribution >= 4 is 11.8 Å². The van der Waals surface area contributed by atoms with E-state index in [0.29, 0.717) is 36.6 Å². The van der Waals surface area contributed by atoms with Gasteiger partial charge in [0.25, 0.3) is 0 Å². The van der Waals surface area contributed by atoms with E-state index in [1.165, 1.54) is 31.2 Å². The predicted octanol–water partition coefficient (Wildman–Crippen LogP) is 3.25. The molecular weight excluding hydrogens is 316 g/mol. The van der Waals surface area contributed by atoms with Crippen LogP contribution in [0.5, 0.6) is 0 Å². The second kappa shape index (κ2) is 5.71. The molecule has 5 heteroatoms. The van der Waals surface area contributed by atoms with Crippen LogP contribution >= 0.6 is 0 Å². The van der Waals surface area contributed by atoms with Gasteiger partial charge in [-0.15, -0.1) is 0 Å². The van der Waals surface area contributed by atoms with Gasteiger partial charge in [0.05, 0.1) is 12.6 Å². The third-order valence-electron chi connectivity index (χ3n) is 6.91. The van der Waals surface area contributed by atoms with E-state index in [1.807, 2.05) is 12.1 Å². The van der Waals surface area contributed by atoms with Gasteiger partial charge >= 0.3 is 6.09 Å². The summed E-state index contributed by atoms with van der Waals surface area (Å²) in [6.07, 6.45) is 5.39. The van der Waals surface area contributed by atoms with Crippen molar-refractivity contribution in [1.82, 2.24) is 5.32 Å². The van der Waals surface area contributed by atoms with Gasteiger partial charge in [-0.1, -0.05) is 18.6 Å². The van der Waals surface area contributed by atoms with Crippen LogP contribution in [-0.2, 0) is 9.47 Å². The number of anilines is 1. The third kappa shape index (κ3) is 2.25. The first-order valence-electron chi connectivity index (χ1n) is 9.61. The summed E-state index contributed by atoms with van der Waals surface area (Å²) in [5, 5.41) is 3.91. The van der Waals surface area contributed by atoms with Crippen molar-refractivity contribution in [3.05, 3.63) is 29.8 Å². The van der Waals surface area contributed by atoms with Gasteiger partial charge in [-0.2, -0.15) is 0 Å². The van der Waals surface area contributed by atoms with E-state index in [9.17, 15) is 4.79 Å². The molecule has 1 N–H and O–H groups in total. The van der Waals surface area contributed by atoms with Crippen LogP contribution in [0.15, 0.2) is 24.3 Å². The molecule has 2 saturated carbocycles. The van der Waals surface area contributed by atoms with E-state index < -0.39 is 0 Å². The maximum Gasteiger partial charge on any atom is 0.414 e. The molecule has 25 heavy (non-hydrogen) atoms. The fourth-order valence-corrected chi connectivity index (χ4v) is 5.45. The van der Waals surface area contributed by atoms with E-state index in [4.69, 9.17) is 9.47 Å². The zero-order valence-electron chi connectivity index (χ0n) is 14.7. The Labute approximate surface area is 148 Å². The molecule has 1 aromatic rings. The van der Waals surface area contributed by atoms with E-state index in [1.54, 1.807) is 4.90 Å². The van der Waals surface area contributed by atoms with Gasteiger partial charge in [0.1, 0.15) is 6.61 Å². The van der Waals surface area contributed by atoms with Gasteiger partial charge in [-0.25, -0.2) is 4.79 Å². The van der Waals surface area contributed by atoms with Gasteiger partial charge < -0.3 is 14.8 Å². The lowest BCUT2D eigenvalue weighted by atomic mass is 9.46. The summed E-state index contributed by atoms with van der Waals surface area (Å²) in [7, 11) is 0. The monoisotopic (exact) mass is 342 g/mol. The van der Waals surface area contributed by atoms with E-state index in [2.05, 4.69) is 24.4 Å². The number of hydrogen-bond donors (Lipinski definition) is 1. The molecule has 1 spiro atoms. The van der Waals surface area contributed by atoms with Crippen LogP contribution in [0.1, 0.15) is 44.2 Å². The molecule has 2 heterocycles. The summed E-state index contributed by atoms with van der Waals surface area (Å²) in [5.41, 5.74) is 2.56. The summed E-state index contributed by atoms with van der Waals surface area (Å²) < 4.78 is 11.1. The molecule has 4 atom stereocenters. The normalized spacial score (nSPS) is 33.6. The summed E-state index contributed by atoms with van der Waals surface area (Å²) in [4.78, 5) is 13.5. The quantitative estimate of drug-likeness (QED) is 0.912. The molecule has 2 aliphatic heterocycles. The van der Waals surface area contributed by atoms with Crippen LogP contribution in [0, 0.1) is 11.3 Å². The molecule has 0 aromatic heterocycles. The number of hydrogen-bond acceptors (Lipinski definition) is 4. The lowest BCUT2D eigenvalue weighted by molar-refractivity contribution is -0.178. The number of carbonyl (C=O) groups excluding carboxylic acids is 1. The minimum absolute atomic E-state index is 0.240. The number of nitrogens with zero attached hydrogens (tertiary/aromatic N) is 1. The highest BCUT2D eigenvalue weighted by Gasteiger charge is 2.66. The number of rotatable bonds is 4. The lowest BCUT2D eigenvalue weighted by Gasteiger charge is -2.64. The lowest BCUT2D eigenvalue weighted by Crippen LogP contribution is -2.71. The first kappa shape index (κ1) is 15.6. The van der Waals surface area contributed by atoms with Crippen molar-refractivity contribution in [1.29, 1.82) is 0 Å². The van der Waals surface area contributed by atoms with E-state index in [0.717, 1.165) is 12.3 Å². The smallest absolute Gasteiger partial charge is 0.414 e. The molecule has 0 unspecified atom stereocenters. The maximum atomic E-state index is 11.8. The predicted molar refractivity (Wildman–Crippen MR) is 94.6 cm³/mol. The van der Waals surface area contributed by atoms with E-state index >= 15 is 0 Å². The Bertz CT molecular complexity index is 687. The summed E-state index contributed by atoms with van der Waals surface area (Å²) in [5.74, 6) is 0.680. The van der Waals surface area contributed by atoms with Gasteiger partial charge in [0.2, 0.25) is 0 Å². The van der Waals surface area contributed by atoms with Crippen molar-refractivity contribution in [3.63, 3.8) is 0 Å². The average molecular weight is 342 g/mol. The van der Waals surface area contributed by atoms with Gasteiger partial charge in [-0.05, 0) is 43.9 Å². The maximum absolute atomic E-state index is 11.8. The highest BCUT2D eigenvalue weighted by Crippen LogP contribution is 2.63. The molecule has 0 bridgehead atoms. The largest absolute Gasteiger partial charge is 0.447 e. The van der Waals surface area contributed by atoms with Crippen molar-refractivity contribution < 1.29 is 14.3 Å². The topological polar surface area (TPSA) is 50.8 Å². The molecule has 134 valence electrons. The molecular formula is C20H26N2O3. The van der Waals surface area contributed by atoms with Crippen LogP contribution in [0.2, 0.25) is 0 Å². The zero-order valence-corrected chi connectivity index (χ0v) is 14.7. The SMILES string of the molecule is C[C@H](N[C@@H]1[C@@H]2CCO[C@H]2C12CCC2)c1cccc(N2CCOC2=O)c1. The Hall–Kier alpha value is -1.59. The molecule has 2 saturated heterocycles. The fraction of sp³-hybridized carbons (Fsp3) is 0.650. The average Bonchev–Trinajstić information content (AvgIpc) is 3.18.